The lowest BCUT2D eigenvalue weighted by Crippen LogP contribution is -2.59. The summed E-state index contributed by atoms with van der Waals surface area (Å²) in [4.78, 5) is 31.3. The maximum atomic E-state index is 12.9. The SMILES string of the molecule is CC(CN1CCN([C@@H]2c3cc(C#N)ccc3OC(C)(C)[C@H]2O)C(=O)C1)O[N+](=O)[O-]. The molecule has 1 fully saturated rings. The summed E-state index contributed by atoms with van der Waals surface area (Å²) in [5.41, 5.74) is 0.0981. The molecule has 2 aliphatic heterocycles. The number of carbonyl (C=O) groups excluding carboxylic acids is 1. The average Bonchev–Trinajstić information content (AvgIpc) is 2.62. The lowest BCUT2D eigenvalue weighted by Gasteiger charge is -2.48. The van der Waals surface area contributed by atoms with Gasteiger partial charge in [-0.25, -0.2) is 0 Å². The number of benzene rings is 1. The second kappa shape index (κ2) is 7.85. The minimum absolute atomic E-state index is 0.0587. The van der Waals surface area contributed by atoms with E-state index >= 15 is 0 Å². The van der Waals surface area contributed by atoms with E-state index in [9.17, 15) is 25.3 Å². The van der Waals surface area contributed by atoms with Crippen molar-refractivity contribution in [2.75, 3.05) is 26.2 Å². The van der Waals surface area contributed by atoms with E-state index < -0.39 is 28.9 Å². The lowest BCUT2D eigenvalue weighted by molar-refractivity contribution is -0.767. The number of piperazine rings is 1. The lowest BCUT2D eigenvalue weighted by atomic mass is 9.84. The molecule has 0 radical (unpaired) electrons. The minimum Gasteiger partial charge on any atom is -0.485 e. The third kappa shape index (κ3) is 4.26. The van der Waals surface area contributed by atoms with Gasteiger partial charge in [0.2, 0.25) is 5.91 Å². The van der Waals surface area contributed by atoms with E-state index in [0.29, 0.717) is 30.0 Å². The standard InChI is InChI=1S/C19H24N4O6/c1-12(29-23(26)27)10-21-6-7-22(16(24)11-21)17-14-8-13(9-20)4-5-15(14)28-19(2,3)18(17)25/h4-5,8,12,17-18,25H,6-7,10-11H2,1-3H3/t12?,17-,18+/m1/s1. The van der Waals surface area contributed by atoms with Gasteiger partial charge >= 0.3 is 0 Å². The first-order valence-electron chi connectivity index (χ1n) is 9.36. The fraction of sp³-hybridized carbons (Fsp3) is 0.579. The number of aliphatic hydroxyl groups is 1. The third-order valence-electron chi connectivity index (χ3n) is 5.30. The van der Waals surface area contributed by atoms with E-state index in [1.165, 1.54) is 0 Å². The predicted molar refractivity (Wildman–Crippen MR) is 100 cm³/mol. The Morgan fingerprint density at radius 1 is 1.48 bits per heavy atom. The Labute approximate surface area is 168 Å². The van der Waals surface area contributed by atoms with E-state index in [4.69, 9.17) is 4.74 Å². The Kier molecular flexibility index (Phi) is 5.64. The molecule has 1 aromatic rings. The highest BCUT2D eigenvalue weighted by Crippen LogP contribution is 2.43. The number of hydrogen-bond donors (Lipinski definition) is 1. The summed E-state index contributed by atoms with van der Waals surface area (Å²) >= 11 is 0. The van der Waals surface area contributed by atoms with Gasteiger partial charge in [0.25, 0.3) is 5.09 Å². The molecule has 1 N–H and O–H groups in total. The molecule has 10 nitrogen and oxygen atoms in total. The summed E-state index contributed by atoms with van der Waals surface area (Å²) in [6.07, 6.45) is -1.65. The van der Waals surface area contributed by atoms with E-state index in [1.54, 1.807) is 48.8 Å². The number of fused-ring (bicyclic) bond motifs is 1. The molecule has 2 heterocycles. The fourth-order valence-electron chi connectivity index (χ4n) is 3.90. The molecule has 156 valence electrons. The molecule has 0 bridgehead atoms. The molecule has 1 amide bonds. The molecule has 1 unspecified atom stereocenters. The van der Waals surface area contributed by atoms with Crippen LogP contribution in [0.1, 0.15) is 37.9 Å². The highest BCUT2D eigenvalue weighted by atomic mass is 17.0. The van der Waals surface area contributed by atoms with E-state index in [-0.39, 0.29) is 19.0 Å². The van der Waals surface area contributed by atoms with Crippen LogP contribution < -0.4 is 4.74 Å². The minimum atomic E-state index is -0.990. The first kappa shape index (κ1) is 20.8. The summed E-state index contributed by atoms with van der Waals surface area (Å²) in [6.45, 7) is 6.20. The molecule has 1 saturated heterocycles. The van der Waals surface area contributed by atoms with Gasteiger partial charge in [-0.1, -0.05) is 0 Å². The predicted octanol–water partition coefficient (Wildman–Crippen LogP) is 0.872. The van der Waals surface area contributed by atoms with Gasteiger partial charge in [0.05, 0.1) is 24.2 Å². The van der Waals surface area contributed by atoms with Crippen molar-refractivity contribution in [3.05, 3.63) is 39.4 Å². The molecule has 0 spiro atoms. The van der Waals surface area contributed by atoms with Crippen molar-refractivity contribution in [2.24, 2.45) is 0 Å². The Balaban J connectivity index is 1.82. The topological polar surface area (TPSA) is 129 Å². The van der Waals surface area contributed by atoms with Gasteiger partial charge in [0, 0.05) is 25.2 Å². The van der Waals surface area contributed by atoms with E-state index in [0.717, 1.165) is 0 Å². The van der Waals surface area contributed by atoms with Gasteiger partial charge in [0.1, 0.15) is 23.6 Å². The van der Waals surface area contributed by atoms with Gasteiger partial charge in [0.15, 0.2) is 0 Å². The highest BCUT2D eigenvalue weighted by Gasteiger charge is 2.47. The zero-order valence-electron chi connectivity index (χ0n) is 16.6. The Hall–Kier alpha value is -2.90. The summed E-state index contributed by atoms with van der Waals surface area (Å²) in [5, 5.41) is 29.8. The van der Waals surface area contributed by atoms with Crippen molar-refractivity contribution in [3.63, 3.8) is 0 Å². The van der Waals surface area contributed by atoms with Crippen LogP contribution in [0, 0.1) is 21.4 Å². The largest absolute Gasteiger partial charge is 0.485 e. The molecular weight excluding hydrogens is 380 g/mol. The molecule has 1 aromatic carbocycles. The van der Waals surface area contributed by atoms with Crippen molar-refractivity contribution in [2.45, 2.75) is 44.6 Å². The van der Waals surface area contributed by atoms with Crippen molar-refractivity contribution in [1.29, 1.82) is 5.26 Å². The number of aliphatic hydroxyl groups excluding tert-OH is 1. The number of carbonyl (C=O) groups is 1. The van der Waals surface area contributed by atoms with Gasteiger partial charge < -0.3 is 19.6 Å². The summed E-state index contributed by atoms with van der Waals surface area (Å²) in [7, 11) is 0. The molecule has 0 aromatic heterocycles. The van der Waals surface area contributed by atoms with E-state index in [1.807, 2.05) is 0 Å². The number of nitriles is 1. The van der Waals surface area contributed by atoms with Crippen molar-refractivity contribution >= 4 is 5.91 Å². The van der Waals surface area contributed by atoms with Crippen molar-refractivity contribution in [3.8, 4) is 11.8 Å². The van der Waals surface area contributed by atoms with Crippen LogP contribution in [0.3, 0.4) is 0 Å². The third-order valence-corrected chi connectivity index (χ3v) is 5.30. The Bertz CT molecular complexity index is 852. The zero-order chi connectivity index (χ0) is 21.3. The molecule has 2 aliphatic rings. The maximum Gasteiger partial charge on any atom is 0.294 e. The monoisotopic (exact) mass is 404 g/mol. The van der Waals surface area contributed by atoms with Gasteiger partial charge in [-0.05, 0) is 39.0 Å². The number of hydrogen-bond acceptors (Lipinski definition) is 8. The van der Waals surface area contributed by atoms with Crippen LogP contribution in [0.5, 0.6) is 5.75 Å². The molecule has 10 heteroatoms. The van der Waals surface area contributed by atoms with Crippen molar-refractivity contribution in [1.82, 2.24) is 9.80 Å². The van der Waals surface area contributed by atoms with Gasteiger partial charge in [-0.15, -0.1) is 10.1 Å². The Morgan fingerprint density at radius 2 is 2.21 bits per heavy atom. The average molecular weight is 404 g/mol. The zero-order valence-corrected chi connectivity index (χ0v) is 16.6. The first-order chi connectivity index (χ1) is 13.6. The normalized spacial score (nSPS) is 24.8. The smallest absolute Gasteiger partial charge is 0.294 e. The molecule has 3 rings (SSSR count). The first-order valence-corrected chi connectivity index (χ1v) is 9.36. The second-order valence-electron chi connectivity index (χ2n) is 7.92. The second-order valence-corrected chi connectivity index (χ2v) is 7.92. The fourth-order valence-corrected chi connectivity index (χ4v) is 3.90. The van der Waals surface area contributed by atoms with E-state index in [2.05, 4.69) is 10.9 Å². The van der Waals surface area contributed by atoms with Crippen LogP contribution in [0.2, 0.25) is 0 Å². The molecular formula is C19H24N4O6. The highest BCUT2D eigenvalue weighted by molar-refractivity contribution is 5.80. The number of amides is 1. The van der Waals surface area contributed by atoms with Crippen LogP contribution in [0.15, 0.2) is 18.2 Å². The molecule has 29 heavy (non-hydrogen) atoms. The van der Waals surface area contributed by atoms with Crippen LogP contribution in [-0.4, -0.2) is 69.9 Å². The quantitative estimate of drug-likeness (QED) is 0.565. The van der Waals surface area contributed by atoms with Crippen LogP contribution in [0.25, 0.3) is 0 Å². The summed E-state index contributed by atoms with van der Waals surface area (Å²) < 4.78 is 5.91. The Morgan fingerprint density at radius 3 is 2.83 bits per heavy atom. The molecule has 3 atom stereocenters. The molecule has 0 aliphatic carbocycles. The summed E-state index contributed by atoms with van der Waals surface area (Å²) in [6, 6.07) is 6.39. The van der Waals surface area contributed by atoms with Crippen molar-refractivity contribution < 1.29 is 24.6 Å². The van der Waals surface area contributed by atoms with Gasteiger partial charge in [-0.2, -0.15) is 5.26 Å². The number of ether oxygens (including phenoxy) is 1. The number of nitrogens with zero attached hydrogens (tertiary/aromatic N) is 4. The molecule has 0 saturated carbocycles. The van der Waals surface area contributed by atoms with Gasteiger partial charge in [-0.3, -0.25) is 9.69 Å². The maximum absolute atomic E-state index is 12.9. The van der Waals surface area contributed by atoms with Crippen LogP contribution in [-0.2, 0) is 9.63 Å². The summed E-state index contributed by atoms with van der Waals surface area (Å²) in [5.74, 6) is 0.326. The van der Waals surface area contributed by atoms with Crippen LogP contribution in [0.4, 0.5) is 0 Å². The van der Waals surface area contributed by atoms with Crippen LogP contribution >= 0.6 is 0 Å². The number of rotatable bonds is 5.